The van der Waals surface area contributed by atoms with E-state index < -0.39 is 88.0 Å². The lowest BCUT2D eigenvalue weighted by molar-refractivity contribution is 0.223. The van der Waals surface area contributed by atoms with E-state index in [0.717, 1.165) is 0 Å². The minimum Gasteiger partial charge on any atom is -0.412 e. The maximum absolute atomic E-state index is 6.18. The van der Waals surface area contributed by atoms with Crippen molar-refractivity contribution in [3.8, 4) is 0 Å². The predicted octanol–water partition coefficient (Wildman–Crippen LogP) is -5.39. The van der Waals surface area contributed by atoms with Crippen LogP contribution in [0, 0.1) is 0 Å². The Morgan fingerprint density at radius 1 is 0.292 bits per heavy atom. The summed E-state index contributed by atoms with van der Waals surface area (Å²) in [6.45, 7) is 0. The molecule has 6 aliphatic rings. The first kappa shape index (κ1) is 17.0. The van der Waals surface area contributed by atoms with Gasteiger partial charge in [0, 0.05) is 0 Å². The molecule has 0 aromatic heterocycles. The summed E-state index contributed by atoms with van der Waals surface area (Å²) in [5.74, 6) is 0. The SMILES string of the molecule is O1[Si]O[Si]2O[Si]3O[Si]4O[Si]5O[Si]O[Si]1[Si]1O[Si]2O[Si]3O[Si]4O[Si]5O1. The molecule has 6 rings (SSSR count). The highest BCUT2D eigenvalue weighted by molar-refractivity contribution is 7.37. The van der Waals surface area contributed by atoms with Crippen LogP contribution in [0.15, 0.2) is 0 Å². The molecule has 6 aliphatic heterocycles. The minimum atomic E-state index is -1.85. The smallest absolute Gasteiger partial charge is 0.412 e. The summed E-state index contributed by atoms with van der Waals surface area (Å²) >= 11 is 0. The maximum Gasteiger partial charge on any atom is 0.412 e. The molecule has 14 radical (unpaired) electrons. The average molecular weight is 529 g/mol. The quantitative estimate of drug-likeness (QED) is 0.280. The minimum absolute atomic E-state index is 0.189. The summed E-state index contributed by atoms with van der Waals surface area (Å²) in [7, 11) is -18.0. The molecule has 24 heteroatoms. The molecule has 12 nitrogen and oxygen atoms in total. The maximum atomic E-state index is 6.18. The van der Waals surface area contributed by atoms with E-state index in [1.54, 1.807) is 0 Å². The van der Waals surface area contributed by atoms with Gasteiger partial charge >= 0.3 is 108 Å². The summed E-state index contributed by atoms with van der Waals surface area (Å²) in [4.78, 5) is 0. The van der Waals surface area contributed by atoms with Crippen LogP contribution in [0.4, 0.5) is 0 Å². The second-order valence-corrected chi connectivity index (χ2v) is 32.4. The van der Waals surface area contributed by atoms with Crippen molar-refractivity contribution in [2.24, 2.45) is 0 Å². The molecule has 5 bridgehead atoms. The van der Waals surface area contributed by atoms with E-state index in [-0.39, 0.29) is 20.0 Å². The van der Waals surface area contributed by atoms with Gasteiger partial charge in [-0.05, 0) is 0 Å². The van der Waals surface area contributed by atoms with Gasteiger partial charge in [0.1, 0.15) is 0 Å². The van der Waals surface area contributed by atoms with Crippen molar-refractivity contribution in [2.45, 2.75) is 0 Å². The fraction of sp³-hybridized carbons (Fsp3) is 0. The third kappa shape index (κ3) is 2.95. The molecule has 24 heavy (non-hydrogen) atoms. The van der Waals surface area contributed by atoms with Gasteiger partial charge in [-0.1, -0.05) is 0 Å². The van der Waals surface area contributed by atoms with Crippen LogP contribution in [0.1, 0.15) is 0 Å². The monoisotopic (exact) mass is 528 g/mol. The van der Waals surface area contributed by atoms with Crippen molar-refractivity contribution in [2.75, 3.05) is 0 Å². The van der Waals surface area contributed by atoms with Crippen molar-refractivity contribution < 1.29 is 49.4 Å². The molecular formula is O12Si12. The summed E-state index contributed by atoms with van der Waals surface area (Å²) in [5, 5.41) is 0. The molecule has 6 heterocycles. The van der Waals surface area contributed by atoms with E-state index in [1.807, 2.05) is 0 Å². The third-order valence-corrected chi connectivity index (χ3v) is 44.1. The van der Waals surface area contributed by atoms with E-state index in [2.05, 4.69) is 0 Å². The van der Waals surface area contributed by atoms with Crippen LogP contribution in [0.3, 0.4) is 0 Å². The van der Waals surface area contributed by atoms with Crippen molar-refractivity contribution in [1.82, 2.24) is 0 Å². The Hall–Kier alpha value is 2.12. The first-order valence-corrected chi connectivity index (χ1v) is 25.9. The Morgan fingerprint density at radius 2 is 0.542 bits per heavy atom. The van der Waals surface area contributed by atoms with Crippen LogP contribution >= 0.6 is 0 Å². The number of hydrogen-bond acceptors (Lipinski definition) is 12. The van der Waals surface area contributed by atoms with Gasteiger partial charge in [0.25, 0.3) is 0 Å². The van der Waals surface area contributed by atoms with E-state index in [9.17, 15) is 0 Å². The van der Waals surface area contributed by atoms with Gasteiger partial charge in [-0.15, -0.1) is 0 Å². The molecule has 0 spiro atoms. The molecule has 6 saturated heterocycles. The lowest BCUT2D eigenvalue weighted by atomic mass is 15.7. The van der Waals surface area contributed by atoms with Gasteiger partial charge in [0.2, 0.25) is 0 Å². The Labute approximate surface area is 157 Å². The molecule has 6 fully saturated rings. The molecule has 120 valence electrons. The normalized spacial score (nSPS) is 36.5. The van der Waals surface area contributed by atoms with Crippen molar-refractivity contribution in [1.29, 1.82) is 0 Å². The molecular weight excluding hydrogens is 529 g/mol. The highest BCUT2D eigenvalue weighted by Gasteiger charge is 2.67. The third-order valence-electron chi connectivity index (χ3n) is 2.85. The van der Waals surface area contributed by atoms with Crippen LogP contribution in [0.25, 0.3) is 0 Å². The second kappa shape index (κ2) is 6.87. The number of hydrogen-bond donors (Lipinski definition) is 0. The standard InChI is InChI=1S/O12Si12/c1-13-3-16-5-21-11-22-6-17-4-14-2-15(1)18-7-19(16)9-23(21)12-24(22)10-20(17)8-18. The summed E-state index contributed by atoms with van der Waals surface area (Å²) in [5.41, 5.74) is 0. The molecule has 0 unspecified atom stereocenters. The molecule has 0 saturated carbocycles. The van der Waals surface area contributed by atoms with Crippen LogP contribution in [-0.4, -0.2) is 108 Å². The first-order valence-electron chi connectivity index (χ1n) is 6.15. The Balaban J connectivity index is 1.42. The van der Waals surface area contributed by atoms with Crippen molar-refractivity contribution >= 4 is 108 Å². The molecule has 0 N–H and O–H groups in total. The zero-order valence-electron chi connectivity index (χ0n) is 10.9. The van der Waals surface area contributed by atoms with E-state index >= 15 is 0 Å². The van der Waals surface area contributed by atoms with Gasteiger partial charge in [0.05, 0.1) is 0 Å². The van der Waals surface area contributed by atoms with Crippen LogP contribution in [0.5, 0.6) is 0 Å². The molecule has 0 aliphatic carbocycles. The molecule has 0 amide bonds. The Bertz CT molecular complexity index is 454. The Kier molecular flexibility index (Phi) is 4.87. The highest BCUT2D eigenvalue weighted by atomic mass is 29.4. The van der Waals surface area contributed by atoms with Gasteiger partial charge in [-0.25, -0.2) is 0 Å². The molecule has 0 aromatic carbocycles. The van der Waals surface area contributed by atoms with Gasteiger partial charge in [0.15, 0.2) is 0 Å². The lowest BCUT2D eigenvalue weighted by Gasteiger charge is -2.46. The average Bonchev–Trinajstić information content (AvgIpc) is 2.55. The zero-order chi connectivity index (χ0) is 15.7. The molecule has 0 atom stereocenters. The van der Waals surface area contributed by atoms with E-state index in [0.29, 0.717) is 0 Å². The summed E-state index contributed by atoms with van der Waals surface area (Å²) in [6.07, 6.45) is 0. The second-order valence-electron chi connectivity index (χ2n) is 4.27. The highest BCUT2D eigenvalue weighted by Crippen LogP contribution is 2.28. The van der Waals surface area contributed by atoms with Crippen LogP contribution < -0.4 is 0 Å². The van der Waals surface area contributed by atoms with Crippen LogP contribution in [-0.2, 0) is 49.4 Å². The van der Waals surface area contributed by atoms with Crippen LogP contribution in [0.2, 0.25) is 0 Å². The lowest BCUT2D eigenvalue weighted by Crippen LogP contribution is -2.79. The fourth-order valence-corrected chi connectivity index (χ4v) is 58.9. The molecule has 0 aromatic rings. The van der Waals surface area contributed by atoms with Crippen molar-refractivity contribution in [3.63, 3.8) is 0 Å². The summed E-state index contributed by atoms with van der Waals surface area (Å²) < 4.78 is 72.0. The van der Waals surface area contributed by atoms with Crippen molar-refractivity contribution in [3.05, 3.63) is 0 Å². The summed E-state index contributed by atoms with van der Waals surface area (Å²) in [6, 6.07) is 0. The zero-order valence-corrected chi connectivity index (χ0v) is 22.9. The Morgan fingerprint density at radius 3 is 0.958 bits per heavy atom. The predicted molar refractivity (Wildman–Crippen MR) is 82.1 cm³/mol. The van der Waals surface area contributed by atoms with E-state index in [4.69, 9.17) is 49.4 Å². The van der Waals surface area contributed by atoms with Gasteiger partial charge < -0.3 is 49.4 Å². The van der Waals surface area contributed by atoms with Gasteiger partial charge in [-0.2, -0.15) is 0 Å². The van der Waals surface area contributed by atoms with Gasteiger partial charge in [-0.3, -0.25) is 0 Å². The largest absolute Gasteiger partial charge is 0.412 e. The topological polar surface area (TPSA) is 111 Å². The number of rotatable bonds is 0. The fourth-order valence-electron chi connectivity index (χ4n) is 1.91. The first-order chi connectivity index (χ1) is 11.8. The van der Waals surface area contributed by atoms with E-state index in [1.165, 1.54) is 0 Å².